The van der Waals surface area contributed by atoms with Gasteiger partial charge in [-0.05, 0) is 30.3 Å². The van der Waals surface area contributed by atoms with Crippen LogP contribution in [0.4, 0.5) is 0 Å². The molecule has 2 N–H and O–H groups in total. The Morgan fingerprint density at radius 2 is 1.85 bits per heavy atom. The fourth-order valence-corrected chi connectivity index (χ4v) is 1.79. The molecule has 1 aliphatic heterocycles. The van der Waals surface area contributed by atoms with Gasteiger partial charge in [0, 0.05) is 23.5 Å². The van der Waals surface area contributed by atoms with Crippen molar-refractivity contribution in [3.8, 4) is 11.5 Å². The van der Waals surface area contributed by atoms with E-state index in [0.29, 0.717) is 22.6 Å². The molecular weight excluding hydrogens is 258 g/mol. The highest BCUT2D eigenvalue weighted by Crippen LogP contribution is 2.32. The molecule has 2 heterocycles. The monoisotopic (exact) mass is 269 g/mol. The number of carbonyl (C=O) groups is 1. The second-order valence-corrected chi connectivity index (χ2v) is 4.11. The molecule has 1 aliphatic rings. The average Bonchev–Trinajstić information content (AvgIpc) is 2.95. The third kappa shape index (κ3) is 2.31. The minimum absolute atomic E-state index is 0.148. The summed E-state index contributed by atoms with van der Waals surface area (Å²) in [5, 5.41) is 0. The Kier molecular flexibility index (Phi) is 3.04. The van der Waals surface area contributed by atoms with E-state index in [1.807, 2.05) is 0 Å². The van der Waals surface area contributed by atoms with Crippen molar-refractivity contribution in [1.82, 2.24) is 4.98 Å². The number of aromatic nitrogens is 1. The largest absolute Gasteiger partial charge is 0.454 e. The van der Waals surface area contributed by atoms with Crippen molar-refractivity contribution in [2.75, 3.05) is 6.79 Å². The number of fused-ring (bicyclic) bond motifs is 1. The standard InChI is InChI=1S/C14H11N3O3/c15-13(9-3-5-16-6-4-9)17-14(18)10-1-2-11-12(7-10)20-8-19-11/h1-7H,8H2,(H2,15,17,18). The van der Waals surface area contributed by atoms with Gasteiger partial charge in [-0.3, -0.25) is 9.78 Å². The summed E-state index contributed by atoms with van der Waals surface area (Å²) >= 11 is 0. The Bertz CT molecular complexity index is 683. The van der Waals surface area contributed by atoms with Gasteiger partial charge in [-0.25, -0.2) is 0 Å². The van der Waals surface area contributed by atoms with E-state index >= 15 is 0 Å². The Balaban J connectivity index is 1.86. The number of amidine groups is 1. The van der Waals surface area contributed by atoms with Gasteiger partial charge in [-0.1, -0.05) is 0 Å². The molecule has 1 aromatic carbocycles. The molecule has 6 nitrogen and oxygen atoms in total. The Morgan fingerprint density at radius 3 is 2.65 bits per heavy atom. The molecule has 1 amide bonds. The van der Waals surface area contributed by atoms with E-state index in [0.717, 1.165) is 0 Å². The van der Waals surface area contributed by atoms with Crippen LogP contribution < -0.4 is 15.2 Å². The molecule has 0 radical (unpaired) electrons. The van der Waals surface area contributed by atoms with Crippen LogP contribution in [0.2, 0.25) is 0 Å². The average molecular weight is 269 g/mol. The molecular formula is C14H11N3O3. The number of rotatable bonds is 2. The topological polar surface area (TPSA) is 86.8 Å². The fraction of sp³-hybridized carbons (Fsp3) is 0.0714. The van der Waals surface area contributed by atoms with Gasteiger partial charge in [0.2, 0.25) is 6.79 Å². The lowest BCUT2D eigenvalue weighted by atomic mass is 10.2. The van der Waals surface area contributed by atoms with Gasteiger partial charge in [0.1, 0.15) is 5.84 Å². The van der Waals surface area contributed by atoms with Gasteiger partial charge in [-0.2, -0.15) is 4.99 Å². The van der Waals surface area contributed by atoms with E-state index < -0.39 is 5.91 Å². The molecule has 0 saturated heterocycles. The van der Waals surface area contributed by atoms with E-state index in [1.54, 1.807) is 42.7 Å². The number of nitrogens with two attached hydrogens (primary N) is 1. The Labute approximate surface area is 114 Å². The van der Waals surface area contributed by atoms with Crippen LogP contribution in [0.5, 0.6) is 11.5 Å². The van der Waals surface area contributed by atoms with E-state index in [-0.39, 0.29) is 12.6 Å². The number of amides is 1. The van der Waals surface area contributed by atoms with Gasteiger partial charge in [0.15, 0.2) is 11.5 Å². The highest BCUT2D eigenvalue weighted by atomic mass is 16.7. The number of carbonyl (C=O) groups excluding carboxylic acids is 1. The number of hydrogen-bond acceptors (Lipinski definition) is 4. The van der Waals surface area contributed by atoms with Gasteiger partial charge < -0.3 is 15.2 Å². The van der Waals surface area contributed by atoms with Crippen LogP contribution in [-0.4, -0.2) is 23.5 Å². The summed E-state index contributed by atoms with van der Waals surface area (Å²) in [6.45, 7) is 0.162. The normalized spacial score (nSPS) is 13.3. The number of benzene rings is 1. The first-order chi connectivity index (χ1) is 9.74. The summed E-state index contributed by atoms with van der Waals surface area (Å²) in [5.74, 6) is 0.869. The minimum Gasteiger partial charge on any atom is -0.454 e. The zero-order valence-corrected chi connectivity index (χ0v) is 10.4. The van der Waals surface area contributed by atoms with Gasteiger partial charge >= 0.3 is 0 Å². The van der Waals surface area contributed by atoms with E-state index in [2.05, 4.69) is 9.98 Å². The molecule has 1 aromatic heterocycles. The lowest BCUT2D eigenvalue weighted by Gasteiger charge is -2.01. The van der Waals surface area contributed by atoms with Crippen LogP contribution in [0.3, 0.4) is 0 Å². The van der Waals surface area contributed by atoms with Crippen LogP contribution in [0.25, 0.3) is 0 Å². The number of hydrogen-bond donors (Lipinski definition) is 1. The fourth-order valence-electron chi connectivity index (χ4n) is 1.79. The molecule has 6 heteroatoms. The summed E-state index contributed by atoms with van der Waals surface area (Å²) < 4.78 is 10.4. The van der Waals surface area contributed by atoms with Crippen molar-refractivity contribution in [3.05, 3.63) is 53.9 Å². The Hall–Kier alpha value is -2.89. The quantitative estimate of drug-likeness (QED) is 0.657. The molecule has 0 unspecified atom stereocenters. The maximum absolute atomic E-state index is 12.0. The lowest BCUT2D eigenvalue weighted by molar-refractivity contribution is 0.100. The molecule has 20 heavy (non-hydrogen) atoms. The zero-order valence-electron chi connectivity index (χ0n) is 10.4. The Morgan fingerprint density at radius 1 is 1.10 bits per heavy atom. The summed E-state index contributed by atoms with van der Waals surface area (Å²) in [6.07, 6.45) is 3.17. The first-order valence-electron chi connectivity index (χ1n) is 5.92. The van der Waals surface area contributed by atoms with Crippen LogP contribution in [0.1, 0.15) is 15.9 Å². The molecule has 3 rings (SSSR count). The van der Waals surface area contributed by atoms with Gasteiger partial charge in [0.05, 0.1) is 0 Å². The van der Waals surface area contributed by atoms with E-state index in [1.165, 1.54) is 0 Å². The minimum atomic E-state index is -0.433. The van der Waals surface area contributed by atoms with Crippen molar-refractivity contribution < 1.29 is 14.3 Å². The molecule has 0 bridgehead atoms. The van der Waals surface area contributed by atoms with E-state index in [4.69, 9.17) is 15.2 Å². The highest BCUT2D eigenvalue weighted by Gasteiger charge is 2.16. The first-order valence-corrected chi connectivity index (χ1v) is 5.92. The first kappa shape index (κ1) is 12.2. The predicted molar refractivity (Wildman–Crippen MR) is 71.9 cm³/mol. The molecule has 0 aliphatic carbocycles. The van der Waals surface area contributed by atoms with Crippen molar-refractivity contribution >= 4 is 11.7 Å². The molecule has 100 valence electrons. The molecule has 0 saturated carbocycles. The molecule has 0 fully saturated rings. The second-order valence-electron chi connectivity index (χ2n) is 4.11. The molecule has 0 spiro atoms. The highest BCUT2D eigenvalue weighted by molar-refractivity contribution is 6.08. The van der Waals surface area contributed by atoms with Crippen LogP contribution in [0.15, 0.2) is 47.7 Å². The van der Waals surface area contributed by atoms with Crippen molar-refractivity contribution in [3.63, 3.8) is 0 Å². The SMILES string of the molecule is NC(=NC(=O)c1ccc2c(c1)OCO2)c1ccncc1. The zero-order chi connectivity index (χ0) is 13.9. The number of ether oxygens (including phenoxy) is 2. The summed E-state index contributed by atoms with van der Waals surface area (Å²) in [6, 6.07) is 8.26. The predicted octanol–water partition coefficient (Wildman–Crippen LogP) is 1.36. The summed E-state index contributed by atoms with van der Waals surface area (Å²) in [5.41, 5.74) is 6.83. The molecule has 2 aromatic rings. The van der Waals surface area contributed by atoms with Gasteiger partial charge in [0.25, 0.3) is 5.91 Å². The smallest absolute Gasteiger partial charge is 0.279 e. The van der Waals surface area contributed by atoms with Gasteiger partial charge in [-0.15, -0.1) is 0 Å². The summed E-state index contributed by atoms with van der Waals surface area (Å²) in [4.78, 5) is 19.8. The lowest BCUT2D eigenvalue weighted by Crippen LogP contribution is -2.15. The third-order valence-corrected chi connectivity index (χ3v) is 2.82. The maximum atomic E-state index is 12.0. The molecule has 0 atom stereocenters. The third-order valence-electron chi connectivity index (χ3n) is 2.82. The summed E-state index contributed by atoms with van der Waals surface area (Å²) in [7, 11) is 0. The van der Waals surface area contributed by atoms with Crippen molar-refractivity contribution in [2.45, 2.75) is 0 Å². The number of aliphatic imine (C=N–C) groups is 1. The maximum Gasteiger partial charge on any atom is 0.279 e. The van der Waals surface area contributed by atoms with Crippen LogP contribution in [0, 0.1) is 0 Å². The second kappa shape index (κ2) is 5.00. The van der Waals surface area contributed by atoms with E-state index in [9.17, 15) is 4.79 Å². The number of pyridine rings is 1. The van der Waals surface area contributed by atoms with Crippen LogP contribution in [-0.2, 0) is 0 Å². The number of nitrogens with zero attached hydrogens (tertiary/aromatic N) is 2. The van der Waals surface area contributed by atoms with Crippen LogP contribution >= 0.6 is 0 Å². The van der Waals surface area contributed by atoms with Crippen molar-refractivity contribution in [1.29, 1.82) is 0 Å². The van der Waals surface area contributed by atoms with Crippen molar-refractivity contribution in [2.24, 2.45) is 10.7 Å².